The lowest BCUT2D eigenvalue weighted by Gasteiger charge is -2.37. The van der Waals surface area contributed by atoms with Gasteiger partial charge in [0.05, 0.1) is 23.7 Å². The number of aryl methyl sites for hydroxylation is 1. The molecule has 0 unspecified atom stereocenters. The van der Waals surface area contributed by atoms with Crippen molar-refractivity contribution >= 4 is 23.6 Å². The number of piperidine rings is 1. The third kappa shape index (κ3) is 4.39. The Balaban J connectivity index is 2.03. The number of carbonyl (C=O) groups is 2. The standard InChI is InChI=1S/C15H22ClN3O4/c1-3-6-23-13-8-19(15(21)22)5-4-11(13)18-14(20)12-7-10(16)9(2)17-12/h7,11,13,17H,3-6,8H2,1-2H3,(H,18,20)(H,21,22)/t11-,13+/m1/s1. The number of amides is 2. The number of ether oxygens (including phenoxy) is 1. The van der Waals surface area contributed by atoms with Crippen LogP contribution in [-0.4, -0.2) is 58.8 Å². The molecule has 1 aliphatic heterocycles. The summed E-state index contributed by atoms with van der Waals surface area (Å²) in [5.74, 6) is -0.265. The molecule has 0 aliphatic carbocycles. The third-order valence-electron chi connectivity index (χ3n) is 3.88. The average molecular weight is 344 g/mol. The largest absolute Gasteiger partial charge is 0.465 e. The van der Waals surface area contributed by atoms with Crippen molar-refractivity contribution in [2.45, 2.75) is 38.8 Å². The summed E-state index contributed by atoms with van der Waals surface area (Å²) >= 11 is 5.96. The zero-order valence-corrected chi connectivity index (χ0v) is 14.0. The summed E-state index contributed by atoms with van der Waals surface area (Å²) in [4.78, 5) is 27.7. The fraction of sp³-hybridized carbons (Fsp3) is 0.600. The number of hydrogen-bond acceptors (Lipinski definition) is 3. The van der Waals surface area contributed by atoms with Crippen LogP contribution in [0.25, 0.3) is 0 Å². The number of carbonyl (C=O) groups excluding carboxylic acids is 1. The van der Waals surface area contributed by atoms with Crippen molar-refractivity contribution in [1.29, 1.82) is 0 Å². The van der Waals surface area contributed by atoms with E-state index < -0.39 is 6.09 Å². The van der Waals surface area contributed by atoms with Crippen molar-refractivity contribution in [1.82, 2.24) is 15.2 Å². The van der Waals surface area contributed by atoms with E-state index in [4.69, 9.17) is 21.4 Å². The Labute approximate surface area is 139 Å². The highest BCUT2D eigenvalue weighted by Gasteiger charge is 2.33. The molecular weight excluding hydrogens is 322 g/mol. The number of aromatic nitrogens is 1. The van der Waals surface area contributed by atoms with Gasteiger partial charge in [-0.2, -0.15) is 0 Å². The normalized spacial score (nSPS) is 21.3. The SMILES string of the molecule is CCCO[C@H]1CN(C(=O)O)CC[C@H]1NC(=O)c1cc(Cl)c(C)[nH]1. The van der Waals surface area contributed by atoms with Crippen LogP contribution >= 0.6 is 11.6 Å². The average Bonchev–Trinajstić information content (AvgIpc) is 2.85. The number of aromatic amines is 1. The Morgan fingerprint density at radius 3 is 2.87 bits per heavy atom. The maximum Gasteiger partial charge on any atom is 0.407 e. The number of rotatable bonds is 5. The van der Waals surface area contributed by atoms with Crippen molar-refractivity contribution in [2.24, 2.45) is 0 Å². The van der Waals surface area contributed by atoms with E-state index in [1.54, 1.807) is 13.0 Å². The molecule has 1 aromatic rings. The van der Waals surface area contributed by atoms with Crippen LogP contribution in [0.1, 0.15) is 35.9 Å². The first-order valence-electron chi connectivity index (χ1n) is 7.67. The zero-order valence-electron chi connectivity index (χ0n) is 13.3. The summed E-state index contributed by atoms with van der Waals surface area (Å²) in [5, 5.41) is 12.6. The number of likely N-dealkylation sites (tertiary alicyclic amines) is 1. The molecule has 8 heteroatoms. The number of nitrogens with one attached hydrogen (secondary N) is 2. The molecule has 2 heterocycles. The molecular formula is C15H22ClN3O4. The molecule has 1 saturated heterocycles. The number of halogens is 1. The van der Waals surface area contributed by atoms with Crippen LogP contribution in [0.3, 0.4) is 0 Å². The number of H-pyrrole nitrogens is 1. The Bertz CT molecular complexity index is 556. The van der Waals surface area contributed by atoms with Crippen molar-refractivity contribution in [3.05, 3.63) is 22.5 Å². The van der Waals surface area contributed by atoms with E-state index in [1.165, 1.54) is 4.90 Å². The molecule has 128 valence electrons. The Morgan fingerprint density at radius 1 is 1.57 bits per heavy atom. The van der Waals surface area contributed by atoms with E-state index in [2.05, 4.69) is 10.3 Å². The molecule has 0 radical (unpaired) electrons. The minimum atomic E-state index is -0.966. The van der Waals surface area contributed by atoms with Crippen LogP contribution < -0.4 is 5.32 Å². The van der Waals surface area contributed by atoms with Crippen molar-refractivity contribution in [2.75, 3.05) is 19.7 Å². The van der Waals surface area contributed by atoms with Crippen molar-refractivity contribution < 1.29 is 19.4 Å². The molecule has 1 aliphatic rings. The van der Waals surface area contributed by atoms with Crippen LogP contribution in [0.15, 0.2) is 6.07 Å². The highest BCUT2D eigenvalue weighted by Crippen LogP contribution is 2.18. The summed E-state index contributed by atoms with van der Waals surface area (Å²) in [7, 11) is 0. The van der Waals surface area contributed by atoms with Crippen LogP contribution in [0, 0.1) is 6.92 Å². The molecule has 1 aromatic heterocycles. The molecule has 0 bridgehead atoms. The Hall–Kier alpha value is -1.73. The van der Waals surface area contributed by atoms with E-state index >= 15 is 0 Å². The number of carboxylic acid groups (broad SMARTS) is 1. The lowest BCUT2D eigenvalue weighted by molar-refractivity contribution is -0.0162. The molecule has 2 rings (SSSR count). The van der Waals surface area contributed by atoms with Gasteiger partial charge in [-0.15, -0.1) is 0 Å². The third-order valence-corrected chi connectivity index (χ3v) is 4.27. The summed E-state index contributed by atoms with van der Waals surface area (Å²) in [6.07, 6.45) is 0.0251. The molecule has 2 amide bonds. The second-order valence-electron chi connectivity index (χ2n) is 5.66. The van der Waals surface area contributed by atoms with E-state index in [0.717, 1.165) is 12.1 Å². The highest BCUT2D eigenvalue weighted by atomic mass is 35.5. The van der Waals surface area contributed by atoms with Gasteiger partial charge in [0.25, 0.3) is 5.91 Å². The van der Waals surface area contributed by atoms with Gasteiger partial charge in [0.15, 0.2) is 0 Å². The van der Waals surface area contributed by atoms with Gasteiger partial charge in [-0.1, -0.05) is 18.5 Å². The number of hydrogen-bond donors (Lipinski definition) is 3. The van der Waals surface area contributed by atoms with Crippen molar-refractivity contribution in [3.63, 3.8) is 0 Å². The van der Waals surface area contributed by atoms with E-state index in [0.29, 0.717) is 30.3 Å². The maximum atomic E-state index is 12.3. The second kappa shape index (κ2) is 7.70. The van der Waals surface area contributed by atoms with Crippen LogP contribution in [-0.2, 0) is 4.74 Å². The van der Waals surface area contributed by atoms with Gasteiger partial charge in [0, 0.05) is 18.8 Å². The topological polar surface area (TPSA) is 94.7 Å². The first kappa shape index (κ1) is 17.6. The van der Waals surface area contributed by atoms with Crippen LogP contribution in [0.5, 0.6) is 0 Å². The monoisotopic (exact) mass is 343 g/mol. The minimum Gasteiger partial charge on any atom is -0.465 e. The summed E-state index contributed by atoms with van der Waals surface area (Å²) in [5.41, 5.74) is 1.12. The molecule has 3 N–H and O–H groups in total. The van der Waals surface area contributed by atoms with E-state index in [1.807, 2.05) is 6.92 Å². The van der Waals surface area contributed by atoms with Gasteiger partial charge >= 0.3 is 6.09 Å². The molecule has 0 saturated carbocycles. The van der Waals surface area contributed by atoms with Crippen LogP contribution in [0.2, 0.25) is 5.02 Å². The first-order chi connectivity index (χ1) is 10.9. The van der Waals surface area contributed by atoms with E-state index in [-0.39, 0.29) is 24.6 Å². The Morgan fingerprint density at radius 2 is 2.30 bits per heavy atom. The van der Waals surface area contributed by atoms with Gasteiger partial charge in [-0.3, -0.25) is 4.79 Å². The number of nitrogens with zero attached hydrogens (tertiary/aromatic N) is 1. The zero-order chi connectivity index (χ0) is 17.0. The Kier molecular flexibility index (Phi) is 5.90. The van der Waals surface area contributed by atoms with Gasteiger partial charge < -0.3 is 25.0 Å². The maximum absolute atomic E-state index is 12.3. The molecule has 23 heavy (non-hydrogen) atoms. The van der Waals surface area contributed by atoms with Gasteiger partial charge in [-0.05, 0) is 25.8 Å². The van der Waals surface area contributed by atoms with Gasteiger partial charge in [0.1, 0.15) is 5.69 Å². The van der Waals surface area contributed by atoms with E-state index in [9.17, 15) is 9.59 Å². The minimum absolute atomic E-state index is 0.230. The predicted octanol–water partition coefficient (Wildman–Crippen LogP) is 2.25. The lowest BCUT2D eigenvalue weighted by Crippen LogP contribution is -2.56. The molecule has 0 aromatic carbocycles. The smallest absolute Gasteiger partial charge is 0.407 e. The lowest BCUT2D eigenvalue weighted by atomic mass is 10.0. The van der Waals surface area contributed by atoms with Crippen molar-refractivity contribution in [3.8, 4) is 0 Å². The molecule has 2 atom stereocenters. The highest BCUT2D eigenvalue weighted by molar-refractivity contribution is 6.31. The molecule has 1 fully saturated rings. The molecule has 0 spiro atoms. The fourth-order valence-electron chi connectivity index (χ4n) is 2.59. The summed E-state index contributed by atoms with van der Waals surface area (Å²) in [6.45, 7) is 4.92. The first-order valence-corrected chi connectivity index (χ1v) is 8.05. The fourth-order valence-corrected chi connectivity index (χ4v) is 2.75. The molecule has 7 nitrogen and oxygen atoms in total. The quantitative estimate of drug-likeness (QED) is 0.764. The van der Waals surface area contributed by atoms with Crippen LogP contribution in [0.4, 0.5) is 4.79 Å². The summed E-state index contributed by atoms with van der Waals surface area (Å²) in [6, 6.07) is 1.35. The predicted molar refractivity (Wildman–Crippen MR) is 86.0 cm³/mol. The summed E-state index contributed by atoms with van der Waals surface area (Å²) < 4.78 is 5.73. The van der Waals surface area contributed by atoms with Gasteiger partial charge in [0.2, 0.25) is 0 Å². The second-order valence-corrected chi connectivity index (χ2v) is 6.07. The van der Waals surface area contributed by atoms with Gasteiger partial charge in [-0.25, -0.2) is 4.79 Å².